The van der Waals surface area contributed by atoms with E-state index in [1.165, 1.54) is 24.3 Å². The molecule has 0 unspecified atom stereocenters. The van der Waals surface area contributed by atoms with E-state index >= 15 is 0 Å². The van der Waals surface area contributed by atoms with Crippen LogP contribution in [-0.2, 0) is 10.0 Å². The van der Waals surface area contributed by atoms with Gasteiger partial charge in [-0.05, 0) is 43.2 Å². The normalized spacial score (nSPS) is 16.4. The lowest BCUT2D eigenvalue weighted by Gasteiger charge is -2.17. The molecule has 2 aromatic carbocycles. The molecule has 1 amide bonds. The van der Waals surface area contributed by atoms with Gasteiger partial charge in [0.2, 0.25) is 0 Å². The minimum absolute atomic E-state index is 0.0839. The van der Waals surface area contributed by atoms with E-state index in [1.807, 2.05) is 4.90 Å². The summed E-state index contributed by atoms with van der Waals surface area (Å²) in [6.07, 6.45) is 3.35. The number of halogens is 3. The number of anilines is 1. The molecule has 0 aromatic heterocycles. The van der Waals surface area contributed by atoms with Crippen LogP contribution in [0.5, 0.6) is 0 Å². The van der Waals surface area contributed by atoms with Crippen LogP contribution >= 0.6 is 0 Å². The summed E-state index contributed by atoms with van der Waals surface area (Å²) < 4.78 is 69.2. The average molecular weight is 439 g/mol. The largest absolute Gasteiger partial charge is 0.362 e. The SMILES string of the molecule is CN1CCCCC/C1=N\S(=O)(=O)c1cccc(NC(=O)c2cc(F)c(F)c(F)c2)c1. The highest BCUT2D eigenvalue weighted by molar-refractivity contribution is 7.90. The molecule has 1 fully saturated rings. The maximum atomic E-state index is 13.3. The van der Waals surface area contributed by atoms with E-state index in [0.717, 1.165) is 25.8 Å². The van der Waals surface area contributed by atoms with E-state index in [2.05, 4.69) is 9.71 Å². The van der Waals surface area contributed by atoms with Crippen LogP contribution in [0.15, 0.2) is 45.7 Å². The summed E-state index contributed by atoms with van der Waals surface area (Å²) in [7, 11) is -2.24. The van der Waals surface area contributed by atoms with Gasteiger partial charge < -0.3 is 10.2 Å². The molecule has 0 saturated carbocycles. The number of rotatable bonds is 4. The number of hydrogen-bond donors (Lipinski definition) is 1. The van der Waals surface area contributed by atoms with Crippen molar-refractivity contribution in [3.8, 4) is 0 Å². The molecule has 1 aliphatic rings. The summed E-state index contributed by atoms with van der Waals surface area (Å²) in [5, 5.41) is 2.35. The van der Waals surface area contributed by atoms with Gasteiger partial charge in [-0.1, -0.05) is 12.5 Å². The molecule has 0 radical (unpaired) electrons. The minimum Gasteiger partial charge on any atom is -0.362 e. The highest BCUT2D eigenvalue weighted by atomic mass is 32.2. The van der Waals surface area contributed by atoms with Gasteiger partial charge in [0.25, 0.3) is 15.9 Å². The third-order valence-corrected chi connectivity index (χ3v) is 6.00. The Morgan fingerprint density at radius 1 is 1.07 bits per heavy atom. The first-order chi connectivity index (χ1) is 14.2. The number of sulfonamides is 1. The number of nitrogens with zero attached hydrogens (tertiary/aromatic N) is 2. The summed E-state index contributed by atoms with van der Waals surface area (Å²) in [6.45, 7) is 0.717. The zero-order valence-electron chi connectivity index (χ0n) is 16.2. The number of hydrogen-bond acceptors (Lipinski definition) is 3. The van der Waals surface area contributed by atoms with Gasteiger partial charge in [-0.25, -0.2) is 13.2 Å². The lowest BCUT2D eigenvalue weighted by atomic mass is 10.2. The van der Waals surface area contributed by atoms with Crippen molar-refractivity contribution in [3.63, 3.8) is 0 Å². The molecule has 10 heteroatoms. The first kappa shape index (κ1) is 21.8. The molecule has 2 aromatic rings. The number of carbonyl (C=O) groups excluding carboxylic acids is 1. The number of likely N-dealkylation sites (tertiary alicyclic amines) is 1. The summed E-state index contributed by atoms with van der Waals surface area (Å²) >= 11 is 0. The zero-order valence-corrected chi connectivity index (χ0v) is 17.0. The molecule has 0 aliphatic carbocycles. The Kier molecular flexibility index (Phi) is 6.45. The molecular formula is C20H20F3N3O3S. The Balaban J connectivity index is 1.84. The third-order valence-electron chi connectivity index (χ3n) is 4.70. The van der Waals surface area contributed by atoms with Gasteiger partial charge in [0.05, 0.1) is 4.90 Å². The molecule has 30 heavy (non-hydrogen) atoms. The maximum Gasteiger partial charge on any atom is 0.284 e. The molecule has 160 valence electrons. The first-order valence-electron chi connectivity index (χ1n) is 9.28. The Hall–Kier alpha value is -2.88. The van der Waals surface area contributed by atoms with Crippen LogP contribution < -0.4 is 5.32 Å². The second kappa shape index (κ2) is 8.86. The first-order valence-corrected chi connectivity index (χ1v) is 10.7. The number of nitrogens with one attached hydrogen (secondary N) is 1. The topological polar surface area (TPSA) is 78.8 Å². The van der Waals surface area contributed by atoms with Gasteiger partial charge in [-0.3, -0.25) is 4.79 Å². The van der Waals surface area contributed by atoms with E-state index in [4.69, 9.17) is 0 Å². The quantitative estimate of drug-likeness (QED) is 0.732. The van der Waals surface area contributed by atoms with Crippen LogP contribution in [-0.4, -0.2) is 38.7 Å². The maximum absolute atomic E-state index is 13.3. The molecule has 1 N–H and O–H groups in total. The standard InChI is InChI=1S/C20H20F3N3O3S/c1-26-9-4-2-3-8-18(26)25-30(28,29)15-7-5-6-14(12-15)24-20(27)13-10-16(21)19(23)17(22)11-13/h5-7,10-12H,2-4,8-9H2,1H3,(H,24,27)/b25-18+. The molecule has 3 rings (SSSR count). The highest BCUT2D eigenvalue weighted by Gasteiger charge is 2.20. The molecule has 0 spiro atoms. The molecule has 0 bridgehead atoms. The van der Waals surface area contributed by atoms with Crippen molar-refractivity contribution < 1.29 is 26.4 Å². The summed E-state index contributed by atoms with van der Waals surface area (Å²) in [6, 6.07) is 6.47. The Morgan fingerprint density at radius 3 is 2.47 bits per heavy atom. The molecular weight excluding hydrogens is 419 g/mol. The predicted molar refractivity (Wildman–Crippen MR) is 106 cm³/mol. The van der Waals surface area contributed by atoms with Crippen LogP contribution in [0.2, 0.25) is 0 Å². The van der Waals surface area contributed by atoms with Crippen molar-refractivity contribution in [1.29, 1.82) is 0 Å². The molecule has 1 saturated heterocycles. The van der Waals surface area contributed by atoms with Crippen LogP contribution in [0.1, 0.15) is 36.0 Å². The van der Waals surface area contributed by atoms with Gasteiger partial charge in [0.1, 0.15) is 5.84 Å². The van der Waals surface area contributed by atoms with E-state index in [9.17, 15) is 26.4 Å². The third kappa shape index (κ3) is 4.99. The van der Waals surface area contributed by atoms with Crippen molar-refractivity contribution in [1.82, 2.24) is 4.90 Å². The molecule has 6 nitrogen and oxygen atoms in total. The fraction of sp³-hybridized carbons (Fsp3) is 0.300. The molecule has 1 aliphatic heterocycles. The van der Waals surface area contributed by atoms with Crippen molar-refractivity contribution >= 4 is 27.5 Å². The average Bonchev–Trinajstić information content (AvgIpc) is 2.90. The predicted octanol–water partition coefficient (Wildman–Crippen LogP) is 3.95. The van der Waals surface area contributed by atoms with Gasteiger partial charge >= 0.3 is 0 Å². The summed E-state index contributed by atoms with van der Waals surface area (Å²) in [5.74, 6) is -5.13. The minimum atomic E-state index is -4.03. The lowest BCUT2D eigenvalue weighted by Crippen LogP contribution is -2.26. The van der Waals surface area contributed by atoms with E-state index in [1.54, 1.807) is 7.05 Å². The lowest BCUT2D eigenvalue weighted by molar-refractivity contribution is 0.102. The number of amides is 1. The van der Waals surface area contributed by atoms with Crippen molar-refractivity contribution in [2.24, 2.45) is 4.40 Å². The van der Waals surface area contributed by atoms with E-state index in [-0.39, 0.29) is 10.6 Å². The number of carbonyl (C=O) groups is 1. The van der Waals surface area contributed by atoms with Crippen molar-refractivity contribution in [3.05, 3.63) is 59.4 Å². The smallest absolute Gasteiger partial charge is 0.284 e. The van der Waals surface area contributed by atoms with Gasteiger partial charge in [-0.2, -0.15) is 8.42 Å². The van der Waals surface area contributed by atoms with Crippen molar-refractivity contribution in [2.75, 3.05) is 18.9 Å². The van der Waals surface area contributed by atoms with Crippen LogP contribution in [0.3, 0.4) is 0 Å². The van der Waals surface area contributed by atoms with E-state index < -0.39 is 38.9 Å². The Bertz CT molecular complexity index is 1080. The second-order valence-electron chi connectivity index (χ2n) is 6.95. The van der Waals surface area contributed by atoms with Gasteiger partial charge in [-0.15, -0.1) is 4.40 Å². The summed E-state index contributed by atoms with van der Waals surface area (Å²) in [4.78, 5) is 13.9. The van der Waals surface area contributed by atoms with E-state index in [0.29, 0.717) is 24.4 Å². The zero-order chi connectivity index (χ0) is 21.9. The second-order valence-corrected chi connectivity index (χ2v) is 8.55. The molecule has 1 heterocycles. The fourth-order valence-corrected chi connectivity index (χ4v) is 4.20. The number of benzene rings is 2. The Labute approximate surface area is 172 Å². The van der Waals surface area contributed by atoms with Crippen LogP contribution in [0, 0.1) is 17.5 Å². The van der Waals surface area contributed by atoms with Crippen LogP contribution in [0.25, 0.3) is 0 Å². The molecule has 0 atom stereocenters. The Morgan fingerprint density at radius 2 is 1.77 bits per heavy atom. The van der Waals surface area contributed by atoms with Gasteiger partial charge in [0.15, 0.2) is 17.5 Å². The van der Waals surface area contributed by atoms with Crippen molar-refractivity contribution in [2.45, 2.75) is 30.6 Å². The fourth-order valence-electron chi connectivity index (χ4n) is 3.06. The van der Waals surface area contributed by atoms with Crippen LogP contribution in [0.4, 0.5) is 18.9 Å². The number of amidine groups is 1. The monoisotopic (exact) mass is 439 g/mol. The van der Waals surface area contributed by atoms with Gasteiger partial charge in [0, 0.05) is 31.3 Å². The summed E-state index contributed by atoms with van der Waals surface area (Å²) in [5.41, 5.74) is -0.361. The highest BCUT2D eigenvalue weighted by Crippen LogP contribution is 2.21.